The zero-order valence-electron chi connectivity index (χ0n) is 10.2. The van der Waals surface area contributed by atoms with Crippen LogP contribution in [-0.4, -0.2) is 24.4 Å². The van der Waals surface area contributed by atoms with Crippen molar-refractivity contribution in [1.82, 2.24) is 5.32 Å². The summed E-state index contributed by atoms with van der Waals surface area (Å²) in [6.45, 7) is 1.86. The molecule has 5 nitrogen and oxygen atoms in total. The normalized spacial score (nSPS) is 19.5. The minimum atomic E-state index is -0.489. The van der Waals surface area contributed by atoms with Crippen molar-refractivity contribution < 1.29 is 14.0 Å². The largest absolute Gasteiger partial charge is 0.397 e. The average Bonchev–Trinajstić information content (AvgIpc) is 2.33. The van der Waals surface area contributed by atoms with Crippen LogP contribution in [0.25, 0.3) is 0 Å². The fraction of sp³-hybridized carbons (Fsp3) is 0.333. The molecule has 0 radical (unpaired) electrons. The zero-order valence-corrected chi connectivity index (χ0v) is 11.8. The van der Waals surface area contributed by atoms with Crippen molar-refractivity contribution in [3.8, 4) is 0 Å². The van der Waals surface area contributed by atoms with Gasteiger partial charge in [0.25, 0.3) is 0 Å². The molecule has 1 heterocycles. The monoisotopic (exact) mass is 329 g/mol. The second kappa shape index (κ2) is 5.16. The second-order valence-electron chi connectivity index (χ2n) is 4.29. The highest BCUT2D eigenvalue weighted by Gasteiger charge is 2.33. The van der Waals surface area contributed by atoms with Gasteiger partial charge in [0.15, 0.2) is 0 Å². The maximum atomic E-state index is 13.4. The summed E-state index contributed by atoms with van der Waals surface area (Å²) in [5, 5.41) is 2.28. The van der Waals surface area contributed by atoms with Gasteiger partial charge in [0, 0.05) is 6.07 Å². The molecule has 19 heavy (non-hydrogen) atoms. The van der Waals surface area contributed by atoms with Crippen LogP contribution in [0.1, 0.15) is 13.3 Å². The van der Waals surface area contributed by atoms with Crippen LogP contribution < -0.4 is 16.0 Å². The standard InChI is InChI=1S/C12H13BrFN3O2/c1-2-9-12(19)16-11(18)5-17(9)10-3-6(13)7(14)4-8(10)15/h3-4,9H,2,5,15H2,1H3,(H,16,18,19). The highest BCUT2D eigenvalue weighted by molar-refractivity contribution is 9.10. The lowest BCUT2D eigenvalue weighted by Crippen LogP contribution is -2.58. The number of nitrogens with two attached hydrogens (primary N) is 1. The van der Waals surface area contributed by atoms with Gasteiger partial charge in [0.1, 0.15) is 11.9 Å². The van der Waals surface area contributed by atoms with Gasteiger partial charge in [-0.1, -0.05) is 6.92 Å². The number of benzene rings is 1. The van der Waals surface area contributed by atoms with E-state index in [-0.39, 0.29) is 22.6 Å². The number of amides is 2. The number of carbonyl (C=O) groups excluding carboxylic acids is 2. The molecular formula is C12H13BrFN3O2. The van der Waals surface area contributed by atoms with E-state index in [0.29, 0.717) is 12.1 Å². The fourth-order valence-corrected chi connectivity index (χ4v) is 2.46. The number of hydrogen-bond acceptors (Lipinski definition) is 4. The van der Waals surface area contributed by atoms with Gasteiger partial charge in [-0.2, -0.15) is 0 Å². The van der Waals surface area contributed by atoms with E-state index in [1.54, 1.807) is 4.90 Å². The van der Waals surface area contributed by atoms with Crippen LogP contribution in [0.5, 0.6) is 0 Å². The number of piperazine rings is 1. The van der Waals surface area contributed by atoms with E-state index in [4.69, 9.17) is 5.73 Å². The summed E-state index contributed by atoms with van der Waals surface area (Å²) in [7, 11) is 0. The number of nitrogen functional groups attached to an aromatic ring is 1. The highest BCUT2D eigenvalue weighted by atomic mass is 79.9. The second-order valence-corrected chi connectivity index (χ2v) is 5.14. The van der Waals surface area contributed by atoms with E-state index in [2.05, 4.69) is 21.2 Å². The van der Waals surface area contributed by atoms with Crippen LogP contribution in [-0.2, 0) is 9.59 Å². The SMILES string of the molecule is CCC1C(=O)NC(=O)CN1c1cc(Br)c(F)cc1N. The van der Waals surface area contributed by atoms with E-state index >= 15 is 0 Å². The van der Waals surface area contributed by atoms with E-state index in [1.165, 1.54) is 12.1 Å². The molecule has 0 spiro atoms. The number of halogens is 2. The number of nitrogens with one attached hydrogen (secondary N) is 1. The van der Waals surface area contributed by atoms with Crippen molar-refractivity contribution in [1.29, 1.82) is 0 Å². The van der Waals surface area contributed by atoms with Gasteiger partial charge in [-0.25, -0.2) is 4.39 Å². The Balaban J connectivity index is 2.46. The fourth-order valence-electron chi connectivity index (χ4n) is 2.13. The Labute approximate surface area is 118 Å². The van der Waals surface area contributed by atoms with Crippen molar-refractivity contribution in [3.63, 3.8) is 0 Å². The molecule has 1 aromatic rings. The van der Waals surface area contributed by atoms with E-state index in [1.807, 2.05) is 6.92 Å². The Morgan fingerprint density at radius 2 is 2.21 bits per heavy atom. The molecule has 0 aliphatic carbocycles. The number of carbonyl (C=O) groups is 2. The zero-order chi connectivity index (χ0) is 14.2. The van der Waals surface area contributed by atoms with Crippen molar-refractivity contribution in [2.45, 2.75) is 19.4 Å². The van der Waals surface area contributed by atoms with Gasteiger partial charge in [-0.05, 0) is 28.4 Å². The molecule has 1 unspecified atom stereocenters. The van der Waals surface area contributed by atoms with Crippen LogP contribution in [0.4, 0.5) is 15.8 Å². The highest BCUT2D eigenvalue weighted by Crippen LogP contribution is 2.32. The molecule has 2 rings (SSSR count). The third-order valence-corrected chi connectivity index (χ3v) is 3.63. The molecule has 102 valence electrons. The maximum absolute atomic E-state index is 13.4. The minimum absolute atomic E-state index is 0.0204. The molecule has 1 aromatic carbocycles. The summed E-state index contributed by atoms with van der Waals surface area (Å²) in [4.78, 5) is 24.9. The van der Waals surface area contributed by atoms with Gasteiger partial charge in [-0.3, -0.25) is 14.9 Å². The maximum Gasteiger partial charge on any atom is 0.249 e. The van der Waals surface area contributed by atoms with Crippen LogP contribution >= 0.6 is 15.9 Å². The molecule has 1 atom stereocenters. The summed E-state index contributed by atoms with van der Waals surface area (Å²) < 4.78 is 13.6. The number of nitrogens with zero attached hydrogens (tertiary/aromatic N) is 1. The quantitative estimate of drug-likeness (QED) is 0.635. The molecule has 1 aliphatic rings. The van der Waals surface area contributed by atoms with Crippen LogP contribution in [0, 0.1) is 5.82 Å². The summed E-state index contributed by atoms with van der Waals surface area (Å²) >= 11 is 3.08. The molecule has 1 fully saturated rings. The number of imide groups is 1. The Morgan fingerprint density at radius 3 is 2.84 bits per heavy atom. The Morgan fingerprint density at radius 1 is 1.53 bits per heavy atom. The summed E-state index contributed by atoms with van der Waals surface area (Å²) in [5.41, 5.74) is 6.45. The first-order valence-corrected chi connectivity index (χ1v) is 6.58. The summed E-state index contributed by atoms with van der Waals surface area (Å²) in [6.07, 6.45) is 0.521. The van der Waals surface area contributed by atoms with Gasteiger partial charge < -0.3 is 10.6 Å². The molecule has 0 aromatic heterocycles. The van der Waals surface area contributed by atoms with Crippen LogP contribution in [0.2, 0.25) is 0 Å². The summed E-state index contributed by atoms with van der Waals surface area (Å²) in [5.74, 6) is -1.24. The first-order chi connectivity index (χ1) is 8.93. The number of anilines is 2. The third-order valence-electron chi connectivity index (χ3n) is 3.02. The topological polar surface area (TPSA) is 75.4 Å². The molecular weight excluding hydrogens is 317 g/mol. The molecule has 0 bridgehead atoms. The first-order valence-electron chi connectivity index (χ1n) is 5.79. The van der Waals surface area contributed by atoms with Crippen molar-refractivity contribution in [2.24, 2.45) is 0 Å². The molecule has 0 saturated carbocycles. The Bertz CT molecular complexity index is 550. The lowest BCUT2D eigenvalue weighted by molar-refractivity contribution is -0.132. The summed E-state index contributed by atoms with van der Waals surface area (Å²) in [6, 6.07) is 2.17. The van der Waals surface area contributed by atoms with Crippen molar-refractivity contribution in [3.05, 3.63) is 22.4 Å². The molecule has 3 N–H and O–H groups in total. The number of rotatable bonds is 2. The van der Waals surface area contributed by atoms with E-state index in [9.17, 15) is 14.0 Å². The van der Waals surface area contributed by atoms with Gasteiger partial charge in [0.2, 0.25) is 11.8 Å². The van der Waals surface area contributed by atoms with E-state index < -0.39 is 17.8 Å². The van der Waals surface area contributed by atoms with Crippen LogP contribution in [0.3, 0.4) is 0 Å². The van der Waals surface area contributed by atoms with Crippen LogP contribution in [0.15, 0.2) is 16.6 Å². The third kappa shape index (κ3) is 2.56. The van der Waals surface area contributed by atoms with Crippen molar-refractivity contribution in [2.75, 3.05) is 17.2 Å². The van der Waals surface area contributed by atoms with Gasteiger partial charge in [0.05, 0.1) is 22.4 Å². The smallest absolute Gasteiger partial charge is 0.249 e. The lowest BCUT2D eigenvalue weighted by atomic mass is 10.1. The lowest BCUT2D eigenvalue weighted by Gasteiger charge is -2.35. The van der Waals surface area contributed by atoms with E-state index in [0.717, 1.165) is 0 Å². The molecule has 1 aliphatic heterocycles. The predicted octanol–water partition coefficient (Wildman–Crippen LogP) is 1.41. The number of hydrogen-bond donors (Lipinski definition) is 2. The molecule has 2 amide bonds. The minimum Gasteiger partial charge on any atom is -0.397 e. The Hall–Kier alpha value is -1.63. The molecule has 7 heteroatoms. The van der Waals surface area contributed by atoms with Gasteiger partial charge in [-0.15, -0.1) is 0 Å². The molecule has 1 saturated heterocycles. The average molecular weight is 330 g/mol. The first kappa shape index (κ1) is 13.8. The van der Waals surface area contributed by atoms with Gasteiger partial charge >= 0.3 is 0 Å². The Kier molecular flexibility index (Phi) is 3.75. The predicted molar refractivity (Wildman–Crippen MR) is 73.1 cm³/mol. The van der Waals surface area contributed by atoms with Crippen molar-refractivity contribution >= 4 is 39.1 Å².